The summed E-state index contributed by atoms with van der Waals surface area (Å²) in [7, 11) is -3.82. The number of nitrogens with zero attached hydrogens (tertiary/aromatic N) is 3. The van der Waals surface area contributed by atoms with Gasteiger partial charge in [0.15, 0.2) is 10.8 Å². The Morgan fingerprint density at radius 3 is 2.77 bits per heavy atom. The topological polar surface area (TPSA) is 126 Å². The van der Waals surface area contributed by atoms with E-state index in [2.05, 4.69) is 10.3 Å². The molecule has 6 rings (SSSR count). The maximum absolute atomic E-state index is 13.8. The Balaban J connectivity index is 1.18. The Morgan fingerprint density at radius 1 is 1.15 bits per heavy atom. The molecule has 0 aliphatic carbocycles. The number of pyridine rings is 1. The molecule has 2 amide bonds. The van der Waals surface area contributed by atoms with Crippen molar-refractivity contribution in [2.24, 2.45) is 0 Å². The van der Waals surface area contributed by atoms with Crippen molar-refractivity contribution in [3.8, 4) is 5.06 Å². The van der Waals surface area contributed by atoms with Gasteiger partial charge in [-0.2, -0.15) is 4.31 Å². The number of aromatic nitrogens is 1. The maximum atomic E-state index is 13.8. The number of rotatable bonds is 8. The van der Waals surface area contributed by atoms with Gasteiger partial charge in [0.25, 0.3) is 0 Å². The Bertz CT molecular complexity index is 1620. The quantitative estimate of drug-likeness (QED) is 0.321. The zero-order valence-corrected chi connectivity index (χ0v) is 24.2. The first-order valence-corrected chi connectivity index (χ1v) is 16.7. The van der Waals surface area contributed by atoms with Crippen molar-refractivity contribution in [2.75, 3.05) is 13.1 Å². The number of Topliss-reactive ketones (excluding diaryl/α,β-unsaturated/α-hetero) is 1. The number of fused-ring (bicyclic) bond motifs is 2. The summed E-state index contributed by atoms with van der Waals surface area (Å²) in [5, 5.41) is 6.96. The summed E-state index contributed by atoms with van der Waals surface area (Å²) in [6.07, 6.45) is 2.83. The number of thiophene rings is 3. The molecule has 0 radical (unpaired) electrons. The minimum atomic E-state index is -3.82. The Kier molecular flexibility index (Phi) is 7.44. The summed E-state index contributed by atoms with van der Waals surface area (Å²) in [6.45, 7) is -0.0834. The lowest BCUT2D eigenvalue weighted by Crippen LogP contribution is -2.53. The first-order valence-electron chi connectivity index (χ1n) is 12.5. The van der Waals surface area contributed by atoms with Crippen molar-refractivity contribution in [2.45, 2.75) is 36.7 Å². The molecule has 10 nitrogen and oxygen atoms in total. The summed E-state index contributed by atoms with van der Waals surface area (Å²) in [6, 6.07) is 8.25. The fraction of sp³-hybridized carbons (Fsp3) is 0.308. The third-order valence-corrected chi connectivity index (χ3v) is 11.7. The lowest BCUT2D eigenvalue weighted by atomic mass is 10.1. The van der Waals surface area contributed by atoms with E-state index in [0.717, 1.165) is 14.3 Å². The minimum absolute atomic E-state index is 0.206. The van der Waals surface area contributed by atoms with Crippen LogP contribution in [-0.2, 0) is 31.8 Å². The third kappa shape index (κ3) is 5.41. The molecular formula is C26H24N4O6S4. The van der Waals surface area contributed by atoms with Crippen molar-refractivity contribution >= 4 is 71.2 Å². The zero-order chi connectivity index (χ0) is 27.9. The second kappa shape index (κ2) is 11.0. The molecule has 2 saturated heterocycles. The van der Waals surface area contributed by atoms with Crippen LogP contribution in [0.25, 0.3) is 9.40 Å². The van der Waals surface area contributed by atoms with Gasteiger partial charge in [-0.25, -0.2) is 13.2 Å². The normalized spacial score (nSPS) is 20.1. The average molecular weight is 617 g/mol. The van der Waals surface area contributed by atoms with Crippen LogP contribution < -0.4 is 10.1 Å². The predicted octanol–water partition coefficient (Wildman–Crippen LogP) is 3.50. The van der Waals surface area contributed by atoms with Crippen LogP contribution in [-0.4, -0.2) is 71.6 Å². The van der Waals surface area contributed by atoms with Crippen LogP contribution in [0.2, 0.25) is 0 Å². The number of ketones is 1. The van der Waals surface area contributed by atoms with Gasteiger partial charge in [-0.05, 0) is 40.9 Å². The van der Waals surface area contributed by atoms with E-state index in [1.165, 1.54) is 38.1 Å². The average Bonchev–Trinajstić information content (AvgIpc) is 3.73. The largest absolute Gasteiger partial charge is 0.414 e. The fourth-order valence-electron chi connectivity index (χ4n) is 5.25. The molecule has 4 aromatic rings. The summed E-state index contributed by atoms with van der Waals surface area (Å²) >= 11 is 4.33. The molecule has 0 spiro atoms. The second-order valence-corrected chi connectivity index (χ2v) is 14.5. The monoisotopic (exact) mass is 616 g/mol. The zero-order valence-electron chi connectivity index (χ0n) is 21.0. The first kappa shape index (κ1) is 27.0. The molecule has 2 fully saturated rings. The minimum Gasteiger partial charge on any atom is -0.399 e. The van der Waals surface area contributed by atoms with Gasteiger partial charge in [0.1, 0.15) is 12.1 Å². The summed E-state index contributed by atoms with van der Waals surface area (Å²) in [5.74, 6) is -1.05. The predicted molar refractivity (Wildman–Crippen MR) is 153 cm³/mol. The van der Waals surface area contributed by atoms with Gasteiger partial charge in [-0.3, -0.25) is 14.6 Å². The van der Waals surface area contributed by atoms with E-state index in [4.69, 9.17) is 4.74 Å². The van der Waals surface area contributed by atoms with Crippen molar-refractivity contribution in [1.29, 1.82) is 0 Å². The number of hydrogen-bond donors (Lipinski definition) is 1. The van der Waals surface area contributed by atoms with Crippen molar-refractivity contribution in [3.05, 3.63) is 70.0 Å². The van der Waals surface area contributed by atoms with Crippen LogP contribution >= 0.6 is 34.0 Å². The molecule has 3 atom stereocenters. The van der Waals surface area contributed by atoms with E-state index >= 15 is 0 Å². The summed E-state index contributed by atoms with van der Waals surface area (Å²) in [4.78, 5) is 46.1. The molecule has 2 aliphatic heterocycles. The first-order chi connectivity index (χ1) is 19.3. The molecule has 0 bridgehead atoms. The van der Waals surface area contributed by atoms with Gasteiger partial charge < -0.3 is 15.0 Å². The van der Waals surface area contributed by atoms with Crippen LogP contribution in [0.4, 0.5) is 4.79 Å². The van der Waals surface area contributed by atoms with Gasteiger partial charge >= 0.3 is 6.09 Å². The standard InChI is InChI=1S/C26H24N4O6S4/c31-20-14-30(40(34,35)15-16-3-1-7-27-13-16)19-5-8-29(24(19)20)25(32)18(11-17-4-2-9-37-17)28-26(33)36-23-12-22-21(39-23)6-10-38-22/h1-4,6-7,9-10,12-13,18-19,24H,5,8,11,14-15H2,(H,28,33). The van der Waals surface area contributed by atoms with E-state index < -0.39 is 40.1 Å². The summed E-state index contributed by atoms with van der Waals surface area (Å²) in [5.41, 5.74) is 0.522. The van der Waals surface area contributed by atoms with E-state index in [1.807, 2.05) is 29.0 Å². The van der Waals surface area contributed by atoms with Crippen LogP contribution in [0, 0.1) is 0 Å². The number of hydrogen-bond acceptors (Lipinski definition) is 10. The molecule has 40 heavy (non-hydrogen) atoms. The molecular weight excluding hydrogens is 593 g/mol. The molecule has 0 aromatic carbocycles. The van der Waals surface area contributed by atoms with Gasteiger partial charge in [-0.15, -0.1) is 22.7 Å². The van der Waals surface area contributed by atoms with Crippen LogP contribution in [0.5, 0.6) is 5.06 Å². The number of carbonyl (C=O) groups is 3. The molecule has 4 aromatic heterocycles. The van der Waals surface area contributed by atoms with Gasteiger partial charge in [-0.1, -0.05) is 23.5 Å². The van der Waals surface area contributed by atoms with E-state index in [9.17, 15) is 22.8 Å². The van der Waals surface area contributed by atoms with E-state index in [0.29, 0.717) is 17.0 Å². The fourth-order valence-corrected chi connectivity index (χ4v) is 9.66. The smallest absolute Gasteiger partial charge is 0.399 e. The van der Waals surface area contributed by atoms with Crippen LogP contribution in [0.1, 0.15) is 16.9 Å². The van der Waals surface area contributed by atoms with Crippen LogP contribution in [0.3, 0.4) is 0 Å². The Morgan fingerprint density at radius 2 is 2.02 bits per heavy atom. The van der Waals surface area contributed by atoms with Crippen LogP contribution in [0.15, 0.2) is 59.6 Å². The second-order valence-electron chi connectivity index (χ2n) is 9.55. The highest BCUT2D eigenvalue weighted by Gasteiger charge is 2.54. The maximum Gasteiger partial charge on any atom is 0.414 e. The molecule has 14 heteroatoms. The number of carbonyl (C=O) groups excluding carboxylic acids is 3. The molecule has 208 valence electrons. The van der Waals surface area contributed by atoms with E-state index in [-0.39, 0.29) is 31.0 Å². The highest BCUT2D eigenvalue weighted by molar-refractivity contribution is 7.88. The van der Waals surface area contributed by atoms with E-state index in [1.54, 1.807) is 35.7 Å². The molecule has 1 N–H and O–H groups in total. The lowest BCUT2D eigenvalue weighted by Gasteiger charge is -2.28. The number of amides is 2. The van der Waals surface area contributed by atoms with Gasteiger partial charge in [0.2, 0.25) is 15.9 Å². The van der Waals surface area contributed by atoms with Crippen molar-refractivity contribution < 1.29 is 27.5 Å². The highest BCUT2D eigenvalue weighted by Crippen LogP contribution is 2.36. The lowest BCUT2D eigenvalue weighted by molar-refractivity contribution is -0.138. The third-order valence-electron chi connectivity index (χ3n) is 6.98. The molecule has 3 unspecified atom stereocenters. The molecule has 6 heterocycles. The Hall–Kier alpha value is -3.17. The number of likely N-dealkylation sites (tertiary alicyclic amines) is 1. The van der Waals surface area contributed by atoms with Crippen molar-refractivity contribution in [3.63, 3.8) is 0 Å². The number of sulfonamides is 1. The van der Waals surface area contributed by atoms with Gasteiger partial charge in [0.05, 0.1) is 18.3 Å². The molecule has 2 aliphatic rings. The highest BCUT2D eigenvalue weighted by atomic mass is 32.2. The van der Waals surface area contributed by atoms with Gasteiger partial charge in [0, 0.05) is 45.7 Å². The van der Waals surface area contributed by atoms with Crippen molar-refractivity contribution in [1.82, 2.24) is 19.5 Å². The molecule has 0 saturated carbocycles. The Labute approximate surface area is 242 Å². The number of nitrogens with one attached hydrogen (secondary N) is 1. The summed E-state index contributed by atoms with van der Waals surface area (Å²) < 4.78 is 35.2. The number of ether oxygens (including phenoxy) is 1. The SMILES string of the molecule is O=C(NC(Cc1cccs1)C(=O)N1CCC2C1C(=O)CN2S(=O)(=O)Cc1cccnc1)Oc1cc2sccc2s1.